The molecule has 1 aliphatic rings. The van der Waals surface area contributed by atoms with Gasteiger partial charge in [-0.3, -0.25) is 0 Å². The second-order valence-electron chi connectivity index (χ2n) is 6.27. The Hall–Kier alpha value is -1.41. The highest BCUT2D eigenvalue weighted by molar-refractivity contribution is 6.30. The van der Waals surface area contributed by atoms with Crippen LogP contribution in [0.2, 0.25) is 5.02 Å². The fourth-order valence-electron chi connectivity index (χ4n) is 3.67. The molecule has 0 aliphatic heterocycles. The first-order valence-corrected chi connectivity index (χ1v) is 8.17. The Morgan fingerprint density at radius 1 is 0.909 bits per heavy atom. The Balaban J connectivity index is 2.00. The van der Waals surface area contributed by atoms with Crippen LogP contribution in [0.3, 0.4) is 0 Å². The number of hydrogen-bond acceptors (Lipinski definition) is 0. The Labute approximate surface area is 135 Å². The van der Waals surface area contributed by atoms with Crippen LogP contribution in [0.15, 0.2) is 42.5 Å². The molecule has 0 bridgehead atoms. The Kier molecular flexibility index (Phi) is 4.49. The molecule has 0 unspecified atom stereocenters. The van der Waals surface area contributed by atoms with Crippen LogP contribution in [0.4, 0.5) is 8.78 Å². The van der Waals surface area contributed by atoms with Gasteiger partial charge in [0.2, 0.25) is 0 Å². The number of rotatable bonds is 3. The summed E-state index contributed by atoms with van der Waals surface area (Å²) in [5, 5.41) is 0.693. The first kappa shape index (κ1) is 15.5. The van der Waals surface area contributed by atoms with Gasteiger partial charge in [-0.15, -0.1) is 0 Å². The SMILES string of the molecule is Fc1ccc(F)c(C2(Cc3ccc(Cl)cc3)CCCCC2)c1. The van der Waals surface area contributed by atoms with Crippen LogP contribution in [0.1, 0.15) is 43.2 Å². The normalized spacial score (nSPS) is 17.4. The maximum absolute atomic E-state index is 14.4. The molecule has 1 fully saturated rings. The van der Waals surface area contributed by atoms with Crippen molar-refractivity contribution < 1.29 is 8.78 Å². The van der Waals surface area contributed by atoms with Gasteiger partial charge >= 0.3 is 0 Å². The van der Waals surface area contributed by atoms with E-state index in [0.29, 0.717) is 10.6 Å². The number of benzene rings is 2. The van der Waals surface area contributed by atoms with Crippen LogP contribution in [0, 0.1) is 11.6 Å². The third-order valence-corrected chi connectivity index (χ3v) is 5.02. The van der Waals surface area contributed by atoms with Gasteiger partial charge in [0.25, 0.3) is 0 Å². The van der Waals surface area contributed by atoms with E-state index in [1.165, 1.54) is 24.6 Å². The van der Waals surface area contributed by atoms with Gasteiger partial charge in [0.1, 0.15) is 11.6 Å². The third kappa shape index (κ3) is 3.17. The van der Waals surface area contributed by atoms with Crippen LogP contribution in [0.5, 0.6) is 0 Å². The average Bonchev–Trinajstić information content (AvgIpc) is 2.53. The predicted molar refractivity (Wildman–Crippen MR) is 86.3 cm³/mol. The molecule has 0 radical (unpaired) electrons. The zero-order chi connectivity index (χ0) is 15.6. The topological polar surface area (TPSA) is 0 Å². The fraction of sp³-hybridized carbons (Fsp3) is 0.368. The van der Waals surface area contributed by atoms with Gasteiger partial charge in [0.15, 0.2) is 0 Å². The first-order valence-electron chi connectivity index (χ1n) is 7.79. The minimum Gasteiger partial charge on any atom is -0.207 e. The molecule has 0 amide bonds. The van der Waals surface area contributed by atoms with E-state index in [2.05, 4.69) is 0 Å². The van der Waals surface area contributed by atoms with Crippen molar-refractivity contribution >= 4 is 11.6 Å². The van der Waals surface area contributed by atoms with Crippen LogP contribution in [0.25, 0.3) is 0 Å². The molecule has 1 aliphatic carbocycles. The summed E-state index contributed by atoms with van der Waals surface area (Å²) in [6, 6.07) is 11.5. The molecule has 0 heterocycles. The van der Waals surface area contributed by atoms with Gasteiger partial charge in [-0.2, -0.15) is 0 Å². The highest BCUT2D eigenvalue weighted by Crippen LogP contribution is 2.43. The molecule has 1 saturated carbocycles. The molecule has 0 atom stereocenters. The molecule has 0 nitrogen and oxygen atoms in total. The predicted octanol–water partition coefficient (Wildman–Crippen LogP) is 6.06. The quantitative estimate of drug-likeness (QED) is 0.644. The van der Waals surface area contributed by atoms with Crippen molar-refractivity contribution in [3.05, 3.63) is 70.2 Å². The van der Waals surface area contributed by atoms with E-state index in [9.17, 15) is 8.78 Å². The van der Waals surface area contributed by atoms with Gasteiger partial charge in [-0.05, 0) is 60.7 Å². The van der Waals surface area contributed by atoms with E-state index < -0.39 is 0 Å². The number of hydrogen-bond donors (Lipinski definition) is 0. The van der Waals surface area contributed by atoms with Crippen molar-refractivity contribution in [1.29, 1.82) is 0 Å². The molecule has 22 heavy (non-hydrogen) atoms. The minimum atomic E-state index is -0.363. The molecular weight excluding hydrogens is 302 g/mol. The zero-order valence-corrected chi connectivity index (χ0v) is 13.2. The highest BCUT2D eigenvalue weighted by Gasteiger charge is 2.36. The lowest BCUT2D eigenvalue weighted by atomic mass is 9.66. The largest absolute Gasteiger partial charge is 0.207 e. The van der Waals surface area contributed by atoms with E-state index >= 15 is 0 Å². The van der Waals surface area contributed by atoms with Crippen LogP contribution >= 0.6 is 11.6 Å². The lowest BCUT2D eigenvalue weighted by Crippen LogP contribution is -2.32. The van der Waals surface area contributed by atoms with Gasteiger partial charge < -0.3 is 0 Å². The molecule has 3 heteroatoms. The fourth-order valence-corrected chi connectivity index (χ4v) is 3.79. The van der Waals surface area contributed by atoms with Crippen LogP contribution in [-0.2, 0) is 11.8 Å². The van der Waals surface area contributed by atoms with E-state index in [0.717, 1.165) is 37.7 Å². The smallest absolute Gasteiger partial charge is 0.127 e. The summed E-state index contributed by atoms with van der Waals surface area (Å²) in [5.41, 5.74) is 1.34. The molecule has 116 valence electrons. The summed E-state index contributed by atoms with van der Waals surface area (Å²) in [7, 11) is 0. The van der Waals surface area contributed by atoms with Crippen molar-refractivity contribution in [2.75, 3.05) is 0 Å². The Bertz CT molecular complexity index is 643. The maximum Gasteiger partial charge on any atom is 0.127 e. The average molecular weight is 321 g/mol. The van der Waals surface area contributed by atoms with Crippen LogP contribution < -0.4 is 0 Å². The standard InChI is InChI=1S/C19H19ClF2/c20-15-6-4-14(5-7-15)13-19(10-2-1-3-11-19)17-12-16(21)8-9-18(17)22/h4-9,12H,1-3,10-11,13H2. The van der Waals surface area contributed by atoms with Crippen LogP contribution in [-0.4, -0.2) is 0 Å². The monoisotopic (exact) mass is 320 g/mol. The van der Waals surface area contributed by atoms with E-state index in [-0.39, 0.29) is 17.0 Å². The second kappa shape index (κ2) is 6.37. The summed E-state index contributed by atoms with van der Waals surface area (Å²) < 4.78 is 28.1. The highest BCUT2D eigenvalue weighted by atomic mass is 35.5. The summed E-state index contributed by atoms with van der Waals surface area (Å²) in [4.78, 5) is 0. The third-order valence-electron chi connectivity index (χ3n) is 4.77. The molecule has 2 aromatic rings. The van der Waals surface area contributed by atoms with E-state index in [1.807, 2.05) is 24.3 Å². The van der Waals surface area contributed by atoms with Gasteiger partial charge in [-0.25, -0.2) is 8.78 Å². The van der Waals surface area contributed by atoms with E-state index in [1.54, 1.807) is 0 Å². The minimum absolute atomic E-state index is 0.294. The Morgan fingerprint density at radius 2 is 1.59 bits per heavy atom. The van der Waals surface area contributed by atoms with Crippen molar-refractivity contribution in [3.63, 3.8) is 0 Å². The Morgan fingerprint density at radius 3 is 2.27 bits per heavy atom. The molecule has 3 rings (SSSR count). The lowest BCUT2D eigenvalue weighted by molar-refractivity contribution is 0.280. The molecule has 0 N–H and O–H groups in total. The number of halogens is 3. The molecule has 2 aromatic carbocycles. The zero-order valence-electron chi connectivity index (χ0n) is 12.4. The van der Waals surface area contributed by atoms with E-state index in [4.69, 9.17) is 11.6 Å². The lowest BCUT2D eigenvalue weighted by Gasteiger charge is -2.38. The van der Waals surface area contributed by atoms with Crippen molar-refractivity contribution in [2.24, 2.45) is 0 Å². The summed E-state index contributed by atoms with van der Waals surface area (Å²) in [5.74, 6) is -0.658. The van der Waals surface area contributed by atoms with Gasteiger partial charge in [-0.1, -0.05) is 43.0 Å². The van der Waals surface area contributed by atoms with Gasteiger partial charge in [0, 0.05) is 10.4 Å². The molecular formula is C19H19ClF2. The van der Waals surface area contributed by atoms with Crippen molar-refractivity contribution in [3.8, 4) is 0 Å². The molecule has 0 saturated heterocycles. The molecule has 0 spiro atoms. The van der Waals surface area contributed by atoms with Gasteiger partial charge in [0.05, 0.1) is 0 Å². The van der Waals surface area contributed by atoms with Crippen molar-refractivity contribution in [2.45, 2.75) is 43.9 Å². The first-order chi connectivity index (χ1) is 10.6. The van der Waals surface area contributed by atoms with Crippen molar-refractivity contribution in [1.82, 2.24) is 0 Å². The summed E-state index contributed by atoms with van der Waals surface area (Å²) in [6.07, 6.45) is 5.81. The summed E-state index contributed by atoms with van der Waals surface area (Å²) >= 11 is 5.94. The second-order valence-corrected chi connectivity index (χ2v) is 6.70. The molecule has 0 aromatic heterocycles. The maximum atomic E-state index is 14.4. The summed E-state index contributed by atoms with van der Waals surface area (Å²) in [6.45, 7) is 0.